The summed E-state index contributed by atoms with van der Waals surface area (Å²) in [5, 5.41) is 4.11. The number of nitrogens with zero attached hydrogens (tertiary/aromatic N) is 4. The second-order valence-corrected chi connectivity index (χ2v) is 6.54. The zero-order valence-electron chi connectivity index (χ0n) is 12.6. The summed E-state index contributed by atoms with van der Waals surface area (Å²) in [4.78, 5) is 9.00. The Morgan fingerprint density at radius 1 is 1.11 bits per heavy atom. The van der Waals surface area contributed by atoms with Crippen LogP contribution >= 0.6 is 0 Å². The SMILES string of the molecule is CN1CCN(c2noc(C(C)(C)C(C)(C)N)n2)CC1. The summed E-state index contributed by atoms with van der Waals surface area (Å²) in [5.74, 6) is 1.29. The lowest BCUT2D eigenvalue weighted by Gasteiger charge is -2.35. The molecule has 0 radical (unpaired) electrons. The van der Waals surface area contributed by atoms with E-state index in [-0.39, 0.29) is 5.41 Å². The molecule has 0 aliphatic carbocycles. The van der Waals surface area contributed by atoms with Crippen molar-refractivity contribution in [1.29, 1.82) is 0 Å². The first-order valence-electron chi connectivity index (χ1n) is 6.78. The molecule has 0 amide bonds. The maximum absolute atomic E-state index is 6.20. The first kappa shape index (κ1) is 14.3. The topological polar surface area (TPSA) is 71.4 Å². The third kappa shape index (κ3) is 2.74. The van der Waals surface area contributed by atoms with Gasteiger partial charge in [0.25, 0.3) is 5.95 Å². The molecule has 1 aromatic rings. The first-order valence-corrected chi connectivity index (χ1v) is 6.78. The fourth-order valence-electron chi connectivity index (χ4n) is 1.88. The van der Waals surface area contributed by atoms with Gasteiger partial charge in [-0.2, -0.15) is 4.98 Å². The summed E-state index contributed by atoms with van der Waals surface area (Å²) < 4.78 is 5.44. The van der Waals surface area contributed by atoms with Gasteiger partial charge in [0, 0.05) is 31.7 Å². The van der Waals surface area contributed by atoms with Gasteiger partial charge in [-0.3, -0.25) is 0 Å². The van der Waals surface area contributed by atoms with Crippen LogP contribution in [0.25, 0.3) is 0 Å². The van der Waals surface area contributed by atoms with Crippen molar-refractivity contribution in [2.45, 2.75) is 38.6 Å². The van der Waals surface area contributed by atoms with Gasteiger partial charge in [-0.15, -0.1) is 0 Å². The summed E-state index contributed by atoms with van der Waals surface area (Å²) in [5.41, 5.74) is 5.43. The van der Waals surface area contributed by atoms with E-state index in [9.17, 15) is 0 Å². The Labute approximate surface area is 114 Å². The number of likely N-dealkylation sites (N-methyl/N-ethyl adjacent to an activating group) is 1. The second-order valence-electron chi connectivity index (χ2n) is 6.54. The molecule has 2 N–H and O–H groups in total. The summed E-state index contributed by atoms with van der Waals surface area (Å²) in [6, 6.07) is 0. The number of hydrogen-bond acceptors (Lipinski definition) is 6. The molecule has 2 rings (SSSR count). The molecule has 1 saturated heterocycles. The molecular formula is C13H25N5O. The van der Waals surface area contributed by atoms with E-state index in [1.54, 1.807) is 0 Å². The number of anilines is 1. The van der Waals surface area contributed by atoms with E-state index in [1.165, 1.54) is 0 Å². The van der Waals surface area contributed by atoms with Crippen molar-refractivity contribution in [1.82, 2.24) is 15.0 Å². The lowest BCUT2D eigenvalue weighted by atomic mass is 9.75. The molecule has 19 heavy (non-hydrogen) atoms. The van der Waals surface area contributed by atoms with E-state index in [0.29, 0.717) is 11.8 Å². The summed E-state index contributed by atoms with van der Waals surface area (Å²) in [6.07, 6.45) is 0. The molecular weight excluding hydrogens is 242 g/mol. The average molecular weight is 267 g/mol. The van der Waals surface area contributed by atoms with Crippen LogP contribution < -0.4 is 10.6 Å². The van der Waals surface area contributed by atoms with Crippen molar-refractivity contribution >= 4 is 5.95 Å². The standard InChI is InChI=1S/C13H25N5O/c1-12(2,13(3,4)14)10-15-11(16-19-10)18-8-6-17(5)7-9-18/h6-9,14H2,1-5H3. The van der Waals surface area contributed by atoms with Crippen molar-refractivity contribution < 1.29 is 4.52 Å². The fraction of sp³-hybridized carbons (Fsp3) is 0.846. The normalized spacial score (nSPS) is 18.9. The summed E-state index contributed by atoms with van der Waals surface area (Å²) in [7, 11) is 2.12. The zero-order chi connectivity index (χ0) is 14.3. The van der Waals surface area contributed by atoms with E-state index in [1.807, 2.05) is 27.7 Å². The Kier molecular flexibility index (Phi) is 3.57. The average Bonchev–Trinajstić information content (AvgIpc) is 2.78. The van der Waals surface area contributed by atoms with Gasteiger partial charge in [-0.1, -0.05) is 0 Å². The maximum atomic E-state index is 6.20. The lowest BCUT2D eigenvalue weighted by molar-refractivity contribution is 0.223. The van der Waals surface area contributed by atoms with Gasteiger partial charge in [0.1, 0.15) is 0 Å². The fourth-order valence-corrected chi connectivity index (χ4v) is 1.88. The molecule has 1 fully saturated rings. The largest absolute Gasteiger partial charge is 0.337 e. The van der Waals surface area contributed by atoms with Crippen molar-refractivity contribution in [3.8, 4) is 0 Å². The molecule has 6 heteroatoms. The van der Waals surface area contributed by atoms with Crippen LogP contribution in [0.5, 0.6) is 0 Å². The Balaban J connectivity index is 2.15. The Hall–Kier alpha value is -1.14. The highest BCUT2D eigenvalue weighted by atomic mass is 16.5. The van der Waals surface area contributed by atoms with E-state index in [0.717, 1.165) is 26.2 Å². The Bertz CT molecular complexity index is 426. The van der Waals surface area contributed by atoms with E-state index in [2.05, 4.69) is 27.0 Å². The number of rotatable bonds is 3. The van der Waals surface area contributed by atoms with Crippen LogP contribution in [0.1, 0.15) is 33.6 Å². The predicted octanol–water partition coefficient (Wildman–Crippen LogP) is 0.836. The third-order valence-corrected chi connectivity index (χ3v) is 4.35. The van der Waals surface area contributed by atoms with Crippen molar-refractivity contribution in [3.63, 3.8) is 0 Å². The smallest absolute Gasteiger partial charge is 0.266 e. The van der Waals surface area contributed by atoms with Gasteiger partial charge in [0.2, 0.25) is 5.89 Å². The van der Waals surface area contributed by atoms with Crippen LogP contribution in [-0.4, -0.2) is 53.8 Å². The highest BCUT2D eigenvalue weighted by molar-refractivity contribution is 5.30. The first-order chi connectivity index (χ1) is 8.72. The molecule has 6 nitrogen and oxygen atoms in total. The van der Waals surface area contributed by atoms with Crippen LogP contribution in [0.2, 0.25) is 0 Å². The van der Waals surface area contributed by atoms with Crippen molar-refractivity contribution in [2.24, 2.45) is 5.73 Å². The Morgan fingerprint density at radius 3 is 2.21 bits per heavy atom. The molecule has 1 aromatic heterocycles. The molecule has 0 atom stereocenters. The summed E-state index contributed by atoms with van der Waals surface area (Å²) in [6.45, 7) is 11.9. The van der Waals surface area contributed by atoms with Crippen molar-refractivity contribution in [2.75, 3.05) is 38.1 Å². The second kappa shape index (κ2) is 4.76. The zero-order valence-corrected chi connectivity index (χ0v) is 12.6. The number of piperazine rings is 1. The molecule has 1 aliphatic rings. The minimum atomic E-state index is -0.418. The van der Waals surface area contributed by atoms with E-state index in [4.69, 9.17) is 10.3 Å². The molecule has 0 saturated carbocycles. The van der Waals surface area contributed by atoms with Gasteiger partial charge in [-0.25, -0.2) is 0 Å². The number of nitrogens with two attached hydrogens (primary N) is 1. The molecule has 1 aliphatic heterocycles. The minimum Gasteiger partial charge on any atom is -0.337 e. The molecule has 108 valence electrons. The highest BCUT2D eigenvalue weighted by Crippen LogP contribution is 2.32. The Morgan fingerprint density at radius 2 is 1.68 bits per heavy atom. The lowest BCUT2D eigenvalue weighted by Crippen LogP contribution is -2.50. The molecule has 0 aromatic carbocycles. The van der Waals surface area contributed by atoms with Gasteiger partial charge >= 0.3 is 0 Å². The van der Waals surface area contributed by atoms with E-state index < -0.39 is 5.54 Å². The van der Waals surface area contributed by atoms with Gasteiger partial charge in [-0.05, 0) is 39.9 Å². The number of aromatic nitrogens is 2. The van der Waals surface area contributed by atoms with Crippen molar-refractivity contribution in [3.05, 3.63) is 5.89 Å². The quantitative estimate of drug-likeness (QED) is 0.875. The van der Waals surface area contributed by atoms with Crippen LogP contribution in [-0.2, 0) is 5.41 Å². The van der Waals surface area contributed by atoms with Gasteiger partial charge < -0.3 is 20.1 Å². The molecule has 0 bridgehead atoms. The minimum absolute atomic E-state index is 0.356. The third-order valence-electron chi connectivity index (χ3n) is 4.35. The predicted molar refractivity (Wildman–Crippen MR) is 75.3 cm³/mol. The monoisotopic (exact) mass is 267 g/mol. The van der Waals surface area contributed by atoms with Gasteiger partial charge in [0.05, 0.1) is 5.41 Å². The van der Waals surface area contributed by atoms with Gasteiger partial charge in [0.15, 0.2) is 0 Å². The van der Waals surface area contributed by atoms with Crippen LogP contribution in [0.4, 0.5) is 5.95 Å². The highest BCUT2D eigenvalue weighted by Gasteiger charge is 2.40. The molecule has 2 heterocycles. The van der Waals surface area contributed by atoms with Crippen LogP contribution in [0, 0.1) is 0 Å². The van der Waals surface area contributed by atoms with Crippen LogP contribution in [0.3, 0.4) is 0 Å². The van der Waals surface area contributed by atoms with Crippen LogP contribution in [0.15, 0.2) is 4.52 Å². The van der Waals surface area contributed by atoms with E-state index >= 15 is 0 Å². The summed E-state index contributed by atoms with van der Waals surface area (Å²) >= 11 is 0. The number of hydrogen-bond donors (Lipinski definition) is 1. The molecule has 0 spiro atoms. The maximum Gasteiger partial charge on any atom is 0.266 e. The molecule has 0 unspecified atom stereocenters.